The molecule has 2 amide bonds. The predicted molar refractivity (Wildman–Crippen MR) is 100 cm³/mol. The number of nitrogens with zero attached hydrogens (tertiary/aromatic N) is 1. The van der Waals surface area contributed by atoms with Crippen LogP contribution in [0, 0.1) is 17.3 Å². The van der Waals surface area contributed by atoms with Crippen LogP contribution in [0.15, 0.2) is 30.3 Å². The van der Waals surface area contributed by atoms with E-state index in [9.17, 15) is 14.7 Å². The van der Waals surface area contributed by atoms with Crippen molar-refractivity contribution in [1.82, 2.24) is 10.2 Å². The van der Waals surface area contributed by atoms with Gasteiger partial charge in [0.2, 0.25) is 0 Å². The molecule has 0 radical (unpaired) electrons. The van der Waals surface area contributed by atoms with Gasteiger partial charge in [-0.15, -0.1) is 0 Å². The van der Waals surface area contributed by atoms with Gasteiger partial charge in [-0.3, -0.25) is 4.79 Å². The number of urea groups is 1. The van der Waals surface area contributed by atoms with E-state index in [0.717, 1.165) is 44.5 Å². The molecular formula is C21H28N2O4. The Morgan fingerprint density at radius 1 is 1.30 bits per heavy atom. The van der Waals surface area contributed by atoms with Gasteiger partial charge in [0.25, 0.3) is 0 Å². The third-order valence-electron chi connectivity index (χ3n) is 6.68. The van der Waals surface area contributed by atoms with E-state index in [1.807, 2.05) is 30.3 Å². The molecule has 3 fully saturated rings. The summed E-state index contributed by atoms with van der Waals surface area (Å²) in [5, 5.41) is 12.9. The van der Waals surface area contributed by atoms with Crippen molar-refractivity contribution in [3.8, 4) is 0 Å². The molecule has 1 aromatic carbocycles. The molecule has 1 saturated carbocycles. The van der Waals surface area contributed by atoms with Gasteiger partial charge in [-0.25, -0.2) is 4.79 Å². The number of ether oxygens (including phenoxy) is 1. The van der Waals surface area contributed by atoms with Crippen LogP contribution in [0.1, 0.15) is 43.7 Å². The molecule has 1 aliphatic carbocycles. The normalized spacial score (nSPS) is 30.9. The number of carboxylic acid groups (broad SMARTS) is 1. The molecule has 2 heterocycles. The van der Waals surface area contributed by atoms with Crippen LogP contribution in [-0.4, -0.2) is 48.3 Å². The molecule has 6 nitrogen and oxygen atoms in total. The highest BCUT2D eigenvalue weighted by Gasteiger charge is 2.55. The highest BCUT2D eigenvalue weighted by Crippen LogP contribution is 2.48. The van der Waals surface area contributed by atoms with Crippen LogP contribution >= 0.6 is 0 Å². The first-order valence-corrected chi connectivity index (χ1v) is 10.00. The minimum atomic E-state index is -0.747. The second kappa shape index (κ2) is 7.50. The van der Waals surface area contributed by atoms with E-state index in [1.165, 1.54) is 0 Å². The Kier molecular flexibility index (Phi) is 5.08. The summed E-state index contributed by atoms with van der Waals surface area (Å²) in [5.74, 6) is -0.221. The predicted octanol–water partition coefficient (Wildman–Crippen LogP) is 3.05. The number of amides is 2. The Bertz CT molecular complexity index is 689. The fourth-order valence-electron chi connectivity index (χ4n) is 5.10. The molecule has 6 heteroatoms. The van der Waals surface area contributed by atoms with Gasteiger partial charge in [-0.1, -0.05) is 36.8 Å². The van der Waals surface area contributed by atoms with E-state index in [-0.39, 0.29) is 18.0 Å². The van der Waals surface area contributed by atoms with E-state index in [2.05, 4.69) is 5.32 Å². The minimum absolute atomic E-state index is 0.0772. The van der Waals surface area contributed by atoms with Gasteiger partial charge >= 0.3 is 12.0 Å². The Hall–Kier alpha value is -2.08. The number of nitrogens with one attached hydrogen (secondary N) is 1. The first-order valence-electron chi connectivity index (χ1n) is 10.00. The van der Waals surface area contributed by atoms with Gasteiger partial charge in [0.15, 0.2) is 0 Å². The summed E-state index contributed by atoms with van der Waals surface area (Å²) in [4.78, 5) is 26.6. The van der Waals surface area contributed by atoms with Gasteiger partial charge in [0, 0.05) is 26.3 Å². The standard InChI is InChI=1S/C21H28N2O4/c24-19(25)21-9-4-7-17(21)12-23(14-21)20(26)22-18(11-15-8-10-27-13-15)16-5-2-1-3-6-16/h1-3,5-6,15,17-18H,4,7-14H2,(H,22,26)(H,24,25)/t15?,17-,18?,21+/m0/s1. The van der Waals surface area contributed by atoms with Crippen LogP contribution < -0.4 is 5.32 Å². The van der Waals surface area contributed by atoms with Crippen LogP contribution in [-0.2, 0) is 9.53 Å². The molecule has 27 heavy (non-hydrogen) atoms. The number of carbonyl (C=O) groups is 2. The second-order valence-corrected chi connectivity index (χ2v) is 8.31. The summed E-state index contributed by atoms with van der Waals surface area (Å²) in [5.41, 5.74) is 0.351. The van der Waals surface area contributed by atoms with Crippen molar-refractivity contribution >= 4 is 12.0 Å². The fraction of sp³-hybridized carbons (Fsp3) is 0.619. The number of rotatable bonds is 5. The molecule has 0 spiro atoms. The number of hydrogen-bond donors (Lipinski definition) is 2. The molecule has 1 aromatic rings. The van der Waals surface area contributed by atoms with Crippen molar-refractivity contribution in [3.05, 3.63) is 35.9 Å². The molecule has 4 atom stereocenters. The lowest BCUT2D eigenvalue weighted by molar-refractivity contribution is -0.149. The van der Waals surface area contributed by atoms with Crippen LogP contribution in [0.3, 0.4) is 0 Å². The van der Waals surface area contributed by atoms with Crippen LogP contribution in [0.2, 0.25) is 0 Å². The molecule has 2 N–H and O–H groups in total. The van der Waals surface area contributed by atoms with Gasteiger partial charge in [-0.05, 0) is 43.1 Å². The number of fused-ring (bicyclic) bond motifs is 1. The first kappa shape index (κ1) is 18.3. The lowest BCUT2D eigenvalue weighted by Gasteiger charge is -2.27. The van der Waals surface area contributed by atoms with E-state index in [0.29, 0.717) is 25.4 Å². The summed E-state index contributed by atoms with van der Waals surface area (Å²) in [7, 11) is 0. The summed E-state index contributed by atoms with van der Waals surface area (Å²) < 4.78 is 5.50. The monoisotopic (exact) mass is 372 g/mol. The summed E-state index contributed by atoms with van der Waals surface area (Å²) in [6.07, 6.45) is 4.39. The second-order valence-electron chi connectivity index (χ2n) is 8.31. The zero-order valence-electron chi connectivity index (χ0n) is 15.6. The molecule has 0 bridgehead atoms. The summed E-state index contributed by atoms with van der Waals surface area (Å²) >= 11 is 0. The average Bonchev–Trinajstić information content (AvgIpc) is 3.37. The average molecular weight is 372 g/mol. The lowest BCUT2D eigenvalue weighted by atomic mass is 9.81. The third-order valence-corrected chi connectivity index (χ3v) is 6.68. The Balaban J connectivity index is 1.46. The van der Waals surface area contributed by atoms with Crippen molar-refractivity contribution in [2.24, 2.45) is 17.3 Å². The van der Waals surface area contributed by atoms with E-state index in [1.54, 1.807) is 4.90 Å². The third kappa shape index (κ3) is 3.55. The van der Waals surface area contributed by atoms with E-state index >= 15 is 0 Å². The fourth-order valence-corrected chi connectivity index (χ4v) is 5.10. The molecule has 3 aliphatic rings. The highest BCUT2D eigenvalue weighted by atomic mass is 16.5. The lowest BCUT2D eigenvalue weighted by Crippen LogP contribution is -2.43. The Labute approximate surface area is 159 Å². The van der Waals surface area contributed by atoms with Crippen molar-refractivity contribution < 1.29 is 19.4 Å². The first-order chi connectivity index (χ1) is 13.1. The molecule has 0 aromatic heterocycles. The maximum Gasteiger partial charge on any atom is 0.317 e. The molecule has 146 valence electrons. The number of likely N-dealkylation sites (tertiary alicyclic amines) is 1. The molecule has 2 aliphatic heterocycles. The van der Waals surface area contributed by atoms with Gasteiger partial charge in [0.1, 0.15) is 0 Å². The minimum Gasteiger partial charge on any atom is -0.481 e. The van der Waals surface area contributed by atoms with E-state index < -0.39 is 11.4 Å². The maximum atomic E-state index is 13.0. The van der Waals surface area contributed by atoms with E-state index in [4.69, 9.17) is 4.74 Å². The molecule has 2 saturated heterocycles. The van der Waals surface area contributed by atoms with Crippen LogP contribution in [0.4, 0.5) is 4.79 Å². The Morgan fingerprint density at radius 3 is 2.78 bits per heavy atom. The SMILES string of the molecule is O=C(NC(CC1CCOC1)c1ccccc1)N1C[C@@H]2CCC[C@@]2(C(=O)O)C1. The van der Waals surface area contributed by atoms with Crippen molar-refractivity contribution in [2.75, 3.05) is 26.3 Å². The molecule has 2 unspecified atom stereocenters. The van der Waals surface area contributed by atoms with Crippen LogP contribution in [0.25, 0.3) is 0 Å². The zero-order chi connectivity index (χ0) is 18.9. The number of hydrogen-bond acceptors (Lipinski definition) is 3. The smallest absolute Gasteiger partial charge is 0.317 e. The molecular weight excluding hydrogens is 344 g/mol. The van der Waals surface area contributed by atoms with Crippen molar-refractivity contribution in [2.45, 2.75) is 38.1 Å². The van der Waals surface area contributed by atoms with Gasteiger partial charge in [-0.2, -0.15) is 0 Å². The number of benzene rings is 1. The largest absolute Gasteiger partial charge is 0.481 e. The summed E-state index contributed by atoms with van der Waals surface area (Å²) in [6.45, 7) is 2.40. The number of aliphatic carboxylic acids is 1. The Morgan fingerprint density at radius 2 is 2.11 bits per heavy atom. The quantitative estimate of drug-likeness (QED) is 0.833. The van der Waals surface area contributed by atoms with Crippen molar-refractivity contribution in [1.29, 1.82) is 0 Å². The van der Waals surface area contributed by atoms with Gasteiger partial charge < -0.3 is 20.1 Å². The zero-order valence-corrected chi connectivity index (χ0v) is 15.6. The topological polar surface area (TPSA) is 78.9 Å². The molecule has 4 rings (SSSR count). The summed E-state index contributed by atoms with van der Waals surface area (Å²) in [6, 6.07) is 9.80. The number of carboxylic acids is 1. The number of carbonyl (C=O) groups excluding carboxylic acids is 1. The van der Waals surface area contributed by atoms with Crippen LogP contribution in [0.5, 0.6) is 0 Å². The maximum absolute atomic E-state index is 13.0. The van der Waals surface area contributed by atoms with Gasteiger partial charge in [0.05, 0.1) is 11.5 Å². The van der Waals surface area contributed by atoms with Crippen molar-refractivity contribution in [3.63, 3.8) is 0 Å². The highest BCUT2D eigenvalue weighted by molar-refractivity contribution is 5.80.